The van der Waals surface area contributed by atoms with E-state index in [0.717, 1.165) is 15.6 Å². The largest absolute Gasteiger partial charge is 0.343 e. The molecule has 0 saturated heterocycles. The second-order valence-electron chi connectivity index (χ2n) is 4.73. The maximum Gasteiger partial charge on any atom is 0.270 e. The van der Waals surface area contributed by atoms with Crippen LogP contribution in [-0.2, 0) is 0 Å². The van der Waals surface area contributed by atoms with Gasteiger partial charge in [0, 0.05) is 10.3 Å². The molecule has 1 unspecified atom stereocenters. The number of aromatic nitrogens is 1. The van der Waals surface area contributed by atoms with Crippen molar-refractivity contribution in [3.05, 3.63) is 63.6 Å². The summed E-state index contributed by atoms with van der Waals surface area (Å²) in [5.41, 5.74) is 0.335. The van der Waals surface area contributed by atoms with Gasteiger partial charge in [-0.1, -0.05) is 41.9 Å². The first-order chi connectivity index (χ1) is 10.1. The average Bonchev–Trinajstić information content (AvgIpc) is 3.01. The quantitative estimate of drug-likeness (QED) is 0.726. The van der Waals surface area contributed by atoms with Crippen LogP contribution in [0, 0.1) is 0 Å². The molecule has 0 aliphatic heterocycles. The Hall–Kier alpha value is -1.91. The van der Waals surface area contributed by atoms with Crippen molar-refractivity contribution in [1.29, 1.82) is 0 Å². The summed E-state index contributed by atoms with van der Waals surface area (Å²) < 4.78 is 0. The molecule has 0 spiro atoms. The smallest absolute Gasteiger partial charge is 0.270 e. The van der Waals surface area contributed by atoms with Crippen molar-refractivity contribution in [2.24, 2.45) is 0 Å². The number of benzene rings is 1. The highest BCUT2D eigenvalue weighted by Gasteiger charge is 2.15. The first-order valence-electron chi connectivity index (χ1n) is 6.54. The molecule has 21 heavy (non-hydrogen) atoms. The number of pyridine rings is 1. The Morgan fingerprint density at radius 2 is 2.10 bits per heavy atom. The molecule has 0 saturated carbocycles. The molecule has 0 radical (unpaired) electrons. The lowest BCUT2D eigenvalue weighted by atomic mass is 10.1. The van der Waals surface area contributed by atoms with Gasteiger partial charge in [-0.15, -0.1) is 11.3 Å². The number of hydrogen-bond donors (Lipinski definition) is 1. The summed E-state index contributed by atoms with van der Waals surface area (Å²) in [4.78, 5) is 17.6. The molecule has 3 nitrogen and oxygen atoms in total. The van der Waals surface area contributed by atoms with Crippen LogP contribution in [0.15, 0.2) is 47.8 Å². The van der Waals surface area contributed by atoms with Crippen LogP contribution in [0.3, 0.4) is 0 Å². The van der Waals surface area contributed by atoms with E-state index < -0.39 is 0 Å². The minimum absolute atomic E-state index is 0.0513. The van der Waals surface area contributed by atoms with Crippen LogP contribution in [0.5, 0.6) is 0 Å². The Kier molecular flexibility index (Phi) is 3.90. The lowest BCUT2D eigenvalue weighted by Crippen LogP contribution is -2.27. The maximum atomic E-state index is 12.3. The number of hydrogen-bond acceptors (Lipinski definition) is 3. The Morgan fingerprint density at radius 1 is 1.29 bits per heavy atom. The number of thiophene rings is 1. The van der Waals surface area contributed by atoms with E-state index in [1.54, 1.807) is 17.4 Å². The van der Waals surface area contributed by atoms with Gasteiger partial charge < -0.3 is 5.32 Å². The summed E-state index contributed by atoms with van der Waals surface area (Å²) in [6.07, 6.45) is 0. The zero-order chi connectivity index (χ0) is 14.8. The van der Waals surface area contributed by atoms with E-state index in [1.165, 1.54) is 0 Å². The molecule has 0 aliphatic rings. The fraction of sp³-hybridized carbons (Fsp3) is 0.125. The molecule has 3 rings (SSSR count). The Balaban J connectivity index is 1.88. The summed E-state index contributed by atoms with van der Waals surface area (Å²) >= 11 is 7.77. The molecule has 0 bridgehead atoms. The van der Waals surface area contributed by atoms with Gasteiger partial charge >= 0.3 is 0 Å². The van der Waals surface area contributed by atoms with E-state index in [1.807, 2.05) is 48.7 Å². The van der Waals surface area contributed by atoms with E-state index in [0.29, 0.717) is 10.8 Å². The van der Waals surface area contributed by atoms with Gasteiger partial charge in [0.2, 0.25) is 0 Å². The number of carbonyl (C=O) groups is 1. The molecule has 1 amide bonds. The van der Waals surface area contributed by atoms with Crippen molar-refractivity contribution in [2.75, 3.05) is 0 Å². The summed E-state index contributed by atoms with van der Waals surface area (Å²) in [6.45, 7) is 1.95. The van der Waals surface area contributed by atoms with Crippen molar-refractivity contribution in [3.63, 3.8) is 0 Å². The Bertz CT molecular complexity index is 786. The topological polar surface area (TPSA) is 42.0 Å². The molecule has 2 heterocycles. The molecule has 1 atom stereocenters. The summed E-state index contributed by atoms with van der Waals surface area (Å²) in [5, 5.41) is 7.04. The summed E-state index contributed by atoms with van der Waals surface area (Å²) in [5.74, 6) is -0.219. The highest BCUT2D eigenvalue weighted by atomic mass is 35.5. The molecule has 3 aromatic rings. The van der Waals surface area contributed by atoms with E-state index in [4.69, 9.17) is 11.6 Å². The molecule has 2 aromatic heterocycles. The predicted octanol–water partition coefficient (Wildman–Crippen LogP) is 4.44. The van der Waals surface area contributed by atoms with Crippen LogP contribution in [0.1, 0.15) is 28.3 Å². The lowest BCUT2D eigenvalue weighted by Gasteiger charge is -2.12. The number of nitrogens with zero attached hydrogens (tertiary/aromatic N) is 1. The van der Waals surface area contributed by atoms with Crippen LogP contribution < -0.4 is 5.32 Å². The SMILES string of the molecule is CC(NC(=O)c1cc2ccccc2c(Cl)n1)c1cccs1. The minimum Gasteiger partial charge on any atom is -0.343 e. The van der Waals surface area contributed by atoms with E-state index in [9.17, 15) is 4.79 Å². The summed E-state index contributed by atoms with van der Waals surface area (Å²) in [7, 11) is 0. The standard InChI is InChI=1S/C16H13ClN2OS/c1-10(14-7-4-8-21-14)18-16(20)13-9-11-5-2-3-6-12(11)15(17)19-13/h2-10H,1H3,(H,18,20). The van der Waals surface area contributed by atoms with E-state index >= 15 is 0 Å². The summed E-state index contributed by atoms with van der Waals surface area (Å²) in [6, 6.07) is 13.3. The number of carbonyl (C=O) groups excluding carboxylic acids is 1. The lowest BCUT2D eigenvalue weighted by molar-refractivity contribution is 0.0935. The Morgan fingerprint density at radius 3 is 2.86 bits per heavy atom. The van der Waals surface area contributed by atoms with Crippen LogP contribution in [-0.4, -0.2) is 10.9 Å². The molecule has 1 N–H and O–H groups in total. The van der Waals surface area contributed by atoms with E-state index in [-0.39, 0.29) is 11.9 Å². The van der Waals surface area contributed by atoms with Gasteiger partial charge in [0.25, 0.3) is 5.91 Å². The maximum absolute atomic E-state index is 12.3. The average molecular weight is 317 g/mol. The van der Waals surface area contributed by atoms with Crippen LogP contribution >= 0.6 is 22.9 Å². The number of fused-ring (bicyclic) bond motifs is 1. The number of rotatable bonds is 3. The second kappa shape index (κ2) is 5.84. The number of amides is 1. The third-order valence-electron chi connectivity index (χ3n) is 3.24. The second-order valence-corrected chi connectivity index (χ2v) is 6.07. The zero-order valence-electron chi connectivity index (χ0n) is 11.3. The van der Waals surface area contributed by atoms with Crippen LogP contribution in [0.2, 0.25) is 5.15 Å². The van der Waals surface area contributed by atoms with Gasteiger partial charge in [-0.2, -0.15) is 0 Å². The van der Waals surface area contributed by atoms with Gasteiger partial charge in [0.15, 0.2) is 0 Å². The number of nitrogens with one attached hydrogen (secondary N) is 1. The van der Waals surface area contributed by atoms with Gasteiger partial charge in [-0.05, 0) is 29.8 Å². The van der Waals surface area contributed by atoms with E-state index in [2.05, 4.69) is 10.3 Å². The fourth-order valence-electron chi connectivity index (χ4n) is 2.15. The predicted molar refractivity (Wildman–Crippen MR) is 87.0 cm³/mol. The first-order valence-corrected chi connectivity index (χ1v) is 7.80. The van der Waals surface area contributed by atoms with Crippen LogP contribution in [0.4, 0.5) is 0 Å². The van der Waals surface area contributed by atoms with Crippen molar-refractivity contribution in [2.45, 2.75) is 13.0 Å². The molecular formula is C16H13ClN2OS. The van der Waals surface area contributed by atoms with Gasteiger partial charge in [0.05, 0.1) is 6.04 Å². The fourth-order valence-corrected chi connectivity index (χ4v) is 3.15. The van der Waals surface area contributed by atoms with Gasteiger partial charge in [0.1, 0.15) is 10.8 Å². The minimum atomic E-state index is -0.219. The van der Waals surface area contributed by atoms with Crippen molar-refractivity contribution in [3.8, 4) is 0 Å². The highest BCUT2D eigenvalue weighted by molar-refractivity contribution is 7.10. The molecular weight excluding hydrogens is 304 g/mol. The normalized spacial score (nSPS) is 12.3. The van der Waals surface area contributed by atoms with Crippen molar-refractivity contribution in [1.82, 2.24) is 10.3 Å². The zero-order valence-corrected chi connectivity index (χ0v) is 12.9. The molecule has 106 valence electrons. The molecule has 0 aliphatic carbocycles. The molecule has 0 fully saturated rings. The molecule has 5 heteroatoms. The number of halogens is 1. The highest BCUT2D eigenvalue weighted by Crippen LogP contribution is 2.23. The molecule has 1 aromatic carbocycles. The first kappa shape index (κ1) is 14.0. The monoisotopic (exact) mass is 316 g/mol. The van der Waals surface area contributed by atoms with Crippen molar-refractivity contribution < 1.29 is 4.79 Å². The van der Waals surface area contributed by atoms with Gasteiger partial charge in [-0.25, -0.2) is 4.98 Å². The third-order valence-corrected chi connectivity index (χ3v) is 4.59. The van der Waals surface area contributed by atoms with Gasteiger partial charge in [-0.3, -0.25) is 4.79 Å². The Labute approximate surface area is 131 Å². The van der Waals surface area contributed by atoms with Crippen molar-refractivity contribution >= 4 is 39.6 Å². The van der Waals surface area contributed by atoms with Crippen LogP contribution in [0.25, 0.3) is 10.8 Å². The third kappa shape index (κ3) is 2.91.